The minimum atomic E-state index is 0.461. The zero-order chi connectivity index (χ0) is 14.2. The van der Waals surface area contributed by atoms with Crippen molar-refractivity contribution in [3.8, 4) is 11.8 Å². The molecule has 0 atom stereocenters. The third kappa shape index (κ3) is 4.00. The van der Waals surface area contributed by atoms with Crippen LogP contribution in [0.1, 0.15) is 23.6 Å². The molecule has 2 heteroatoms. The molecule has 0 aliphatic carbocycles. The molecular weight excluding hydrogens is 246 g/mol. The second-order valence-electron chi connectivity index (χ2n) is 4.41. The van der Waals surface area contributed by atoms with Gasteiger partial charge in [0.2, 0.25) is 0 Å². The fourth-order valence-corrected chi connectivity index (χ4v) is 1.87. The second-order valence-corrected chi connectivity index (χ2v) is 4.41. The molecule has 2 nitrogen and oxygen atoms in total. The molecule has 0 saturated heterocycles. The predicted molar refractivity (Wildman–Crippen MR) is 82.3 cm³/mol. The Kier molecular flexibility index (Phi) is 4.97. The van der Waals surface area contributed by atoms with Gasteiger partial charge in [-0.1, -0.05) is 48.6 Å². The molecule has 0 radical (unpaired) electrons. The van der Waals surface area contributed by atoms with Crippen molar-refractivity contribution in [2.75, 3.05) is 6.61 Å². The number of hydrogen-bond donors (Lipinski definition) is 0. The maximum absolute atomic E-state index is 8.63. The van der Waals surface area contributed by atoms with Crippen LogP contribution in [-0.4, -0.2) is 6.61 Å². The monoisotopic (exact) mass is 263 g/mol. The van der Waals surface area contributed by atoms with Gasteiger partial charge in [0.25, 0.3) is 0 Å². The molecule has 20 heavy (non-hydrogen) atoms. The Morgan fingerprint density at radius 1 is 0.950 bits per heavy atom. The molecule has 0 amide bonds. The molecule has 0 aliphatic rings. The van der Waals surface area contributed by atoms with Crippen LogP contribution in [0.15, 0.2) is 48.5 Å². The molecule has 0 aliphatic heterocycles. The Hall–Kier alpha value is -2.53. The van der Waals surface area contributed by atoms with Crippen molar-refractivity contribution in [1.29, 1.82) is 5.26 Å². The number of ether oxygens (including phenoxy) is 1. The first-order valence-corrected chi connectivity index (χ1v) is 6.68. The SMILES string of the molecule is CCOc1ccc(/C=C/c2ccc(CC#N)cc2)cc1. The number of rotatable bonds is 5. The molecule has 0 aromatic heterocycles. The van der Waals surface area contributed by atoms with Crippen LogP contribution in [0.3, 0.4) is 0 Å². The summed E-state index contributed by atoms with van der Waals surface area (Å²) in [6, 6.07) is 18.2. The molecule has 0 N–H and O–H groups in total. The standard InChI is InChI=1S/C18H17NO/c1-2-20-18-11-9-16(10-12-18)4-3-15-5-7-17(8-6-15)13-14-19/h3-12H,2,13H2,1H3/b4-3+. The minimum absolute atomic E-state index is 0.461. The van der Waals surface area contributed by atoms with Crippen LogP contribution in [-0.2, 0) is 6.42 Å². The van der Waals surface area contributed by atoms with Crippen molar-refractivity contribution in [1.82, 2.24) is 0 Å². The summed E-state index contributed by atoms with van der Waals surface area (Å²) < 4.78 is 5.41. The lowest BCUT2D eigenvalue weighted by Crippen LogP contribution is -1.90. The van der Waals surface area contributed by atoms with E-state index in [0.29, 0.717) is 13.0 Å². The highest BCUT2D eigenvalue weighted by atomic mass is 16.5. The van der Waals surface area contributed by atoms with Crippen LogP contribution in [0.2, 0.25) is 0 Å². The first-order valence-electron chi connectivity index (χ1n) is 6.68. The molecule has 2 aromatic rings. The summed E-state index contributed by atoms with van der Waals surface area (Å²) in [6.45, 7) is 2.66. The van der Waals surface area contributed by atoms with Crippen molar-refractivity contribution < 1.29 is 4.74 Å². The first-order chi connectivity index (χ1) is 9.81. The summed E-state index contributed by atoms with van der Waals surface area (Å²) in [6.07, 6.45) is 4.59. The third-order valence-corrected chi connectivity index (χ3v) is 2.92. The van der Waals surface area contributed by atoms with Crippen LogP contribution in [0, 0.1) is 11.3 Å². The lowest BCUT2D eigenvalue weighted by Gasteiger charge is -2.02. The summed E-state index contributed by atoms with van der Waals surface area (Å²) in [5, 5.41) is 8.63. The molecule has 0 saturated carbocycles. The van der Waals surface area contributed by atoms with Gasteiger partial charge >= 0.3 is 0 Å². The van der Waals surface area contributed by atoms with Gasteiger partial charge in [-0.05, 0) is 35.7 Å². The Bertz CT molecular complexity index is 603. The molecule has 2 aromatic carbocycles. The smallest absolute Gasteiger partial charge is 0.119 e. The number of benzene rings is 2. The van der Waals surface area contributed by atoms with E-state index in [-0.39, 0.29) is 0 Å². The van der Waals surface area contributed by atoms with Gasteiger partial charge in [-0.3, -0.25) is 0 Å². The van der Waals surface area contributed by atoms with E-state index in [1.807, 2.05) is 55.5 Å². The van der Waals surface area contributed by atoms with Gasteiger partial charge < -0.3 is 4.74 Å². The van der Waals surface area contributed by atoms with Crippen molar-refractivity contribution in [2.45, 2.75) is 13.3 Å². The van der Waals surface area contributed by atoms with Crippen LogP contribution < -0.4 is 4.74 Å². The minimum Gasteiger partial charge on any atom is -0.494 e. The third-order valence-electron chi connectivity index (χ3n) is 2.92. The molecule has 100 valence electrons. The van der Waals surface area contributed by atoms with Crippen LogP contribution in [0.5, 0.6) is 5.75 Å². The van der Waals surface area contributed by atoms with Gasteiger partial charge in [0.05, 0.1) is 19.1 Å². The van der Waals surface area contributed by atoms with Gasteiger partial charge in [-0.15, -0.1) is 0 Å². The maximum Gasteiger partial charge on any atom is 0.119 e. The summed E-state index contributed by atoms with van der Waals surface area (Å²) in [5.74, 6) is 0.894. The summed E-state index contributed by atoms with van der Waals surface area (Å²) >= 11 is 0. The highest BCUT2D eigenvalue weighted by Crippen LogP contribution is 2.15. The van der Waals surface area contributed by atoms with E-state index < -0.39 is 0 Å². The van der Waals surface area contributed by atoms with Crippen molar-refractivity contribution in [2.24, 2.45) is 0 Å². The van der Waals surface area contributed by atoms with E-state index in [1.165, 1.54) is 0 Å². The van der Waals surface area contributed by atoms with Gasteiger partial charge in [-0.25, -0.2) is 0 Å². The zero-order valence-electron chi connectivity index (χ0n) is 11.5. The fourth-order valence-electron chi connectivity index (χ4n) is 1.87. The summed E-state index contributed by atoms with van der Waals surface area (Å²) in [4.78, 5) is 0. The summed E-state index contributed by atoms with van der Waals surface area (Å²) in [7, 11) is 0. The molecule has 0 unspecified atom stereocenters. The van der Waals surface area contributed by atoms with Crippen molar-refractivity contribution in [3.05, 3.63) is 65.2 Å². The first kappa shape index (κ1) is 13.9. The van der Waals surface area contributed by atoms with Crippen molar-refractivity contribution in [3.63, 3.8) is 0 Å². The van der Waals surface area contributed by atoms with E-state index in [4.69, 9.17) is 10.00 Å². The normalized spacial score (nSPS) is 10.4. The van der Waals surface area contributed by atoms with Crippen LogP contribution in [0.4, 0.5) is 0 Å². The lowest BCUT2D eigenvalue weighted by molar-refractivity contribution is 0.340. The predicted octanol–water partition coefficient (Wildman–Crippen LogP) is 4.32. The largest absolute Gasteiger partial charge is 0.494 e. The van der Waals surface area contributed by atoms with E-state index in [9.17, 15) is 0 Å². The van der Waals surface area contributed by atoms with Crippen LogP contribution in [0.25, 0.3) is 12.2 Å². The number of nitriles is 1. The molecule has 0 spiro atoms. The molecule has 0 fully saturated rings. The average Bonchev–Trinajstić information content (AvgIpc) is 2.49. The Balaban J connectivity index is 2.03. The van der Waals surface area contributed by atoms with E-state index in [1.54, 1.807) is 0 Å². The van der Waals surface area contributed by atoms with E-state index in [0.717, 1.165) is 22.4 Å². The Morgan fingerprint density at radius 3 is 2.00 bits per heavy atom. The Labute approximate surface area is 119 Å². The quantitative estimate of drug-likeness (QED) is 0.752. The molecular formula is C18H17NO. The van der Waals surface area contributed by atoms with Crippen molar-refractivity contribution >= 4 is 12.2 Å². The molecule has 0 bridgehead atoms. The second kappa shape index (κ2) is 7.16. The summed E-state index contributed by atoms with van der Waals surface area (Å²) in [5.41, 5.74) is 3.31. The van der Waals surface area contributed by atoms with E-state index >= 15 is 0 Å². The van der Waals surface area contributed by atoms with Gasteiger partial charge in [0, 0.05) is 0 Å². The highest BCUT2D eigenvalue weighted by Gasteiger charge is 1.93. The lowest BCUT2D eigenvalue weighted by atomic mass is 10.1. The van der Waals surface area contributed by atoms with Gasteiger partial charge in [0.1, 0.15) is 5.75 Å². The van der Waals surface area contributed by atoms with Crippen LogP contribution >= 0.6 is 0 Å². The number of hydrogen-bond acceptors (Lipinski definition) is 2. The van der Waals surface area contributed by atoms with Gasteiger partial charge in [0.15, 0.2) is 0 Å². The Morgan fingerprint density at radius 2 is 1.50 bits per heavy atom. The maximum atomic E-state index is 8.63. The zero-order valence-corrected chi connectivity index (χ0v) is 11.5. The number of nitrogens with zero attached hydrogens (tertiary/aromatic N) is 1. The highest BCUT2D eigenvalue weighted by molar-refractivity contribution is 5.69. The molecule has 0 heterocycles. The van der Waals surface area contributed by atoms with Gasteiger partial charge in [-0.2, -0.15) is 5.26 Å². The fraction of sp³-hybridized carbons (Fsp3) is 0.167. The average molecular weight is 263 g/mol. The van der Waals surface area contributed by atoms with E-state index in [2.05, 4.69) is 18.2 Å². The topological polar surface area (TPSA) is 33.0 Å². The molecule has 2 rings (SSSR count).